The minimum absolute atomic E-state index is 0.00544. The normalized spacial score (nSPS) is 17.9. The van der Waals surface area contributed by atoms with E-state index in [0.717, 1.165) is 66.4 Å². The number of piperazine rings is 1. The number of benzene rings is 3. The van der Waals surface area contributed by atoms with Gasteiger partial charge in [-0.05, 0) is 86.7 Å². The highest BCUT2D eigenvalue weighted by molar-refractivity contribution is 7.70. The molecule has 18 nitrogen and oxygen atoms in total. The zero-order valence-electron chi connectivity index (χ0n) is 45.9. The molecule has 3 saturated heterocycles. The SMILES string of the molecule is COc1cc(N2CCC(N3CCN(C(=O)CCCCCC(=O)NC(C(=O)N4C[C@H](O)C[C@H]4C(=O)NCc4ccc(-c5scnc5C)cc4)C(C)(C)C)CC3)CC2)ccc1Nc1ncc(Cl)c(Nc2ccccc2P(C)(C)=O)n1. The van der Waals surface area contributed by atoms with E-state index in [2.05, 4.69) is 52.1 Å². The van der Waals surface area contributed by atoms with E-state index in [4.69, 9.17) is 16.3 Å². The topological polar surface area (TPSA) is 215 Å². The number of aryl methyl sites for hydroxylation is 1. The molecule has 5 aromatic rings. The summed E-state index contributed by atoms with van der Waals surface area (Å²) in [4.78, 5) is 77.0. The van der Waals surface area contributed by atoms with E-state index in [-0.39, 0.29) is 43.7 Å². The third-order valence-corrected chi connectivity index (χ3v) is 17.7. The molecule has 5 heterocycles. The fourth-order valence-electron chi connectivity index (χ4n) is 10.5. The van der Waals surface area contributed by atoms with Crippen LogP contribution in [0.3, 0.4) is 0 Å². The van der Waals surface area contributed by atoms with Crippen LogP contribution in [0.5, 0.6) is 5.75 Å². The van der Waals surface area contributed by atoms with Gasteiger partial charge in [0.15, 0.2) is 5.82 Å². The Morgan fingerprint density at radius 2 is 1.62 bits per heavy atom. The highest BCUT2D eigenvalue weighted by Crippen LogP contribution is 2.39. The maximum absolute atomic E-state index is 14.1. The van der Waals surface area contributed by atoms with Crippen molar-refractivity contribution in [2.75, 3.05) is 81.8 Å². The number of likely N-dealkylation sites (tertiary alicyclic amines) is 1. The number of methoxy groups -OCH3 is 1. The molecule has 3 aliphatic heterocycles. The highest BCUT2D eigenvalue weighted by atomic mass is 35.5. The first-order chi connectivity index (χ1) is 37.2. The molecule has 1 unspecified atom stereocenters. The van der Waals surface area contributed by atoms with Gasteiger partial charge in [0.25, 0.3) is 0 Å². The standard InChI is InChI=1S/C57H75ClN11O7PS/c1-37-51(78-36-61-37)39-19-17-38(18-20-39)33-59-54(73)46-32-42(70)35-69(46)55(74)52(57(2,3)4)64-49(71)15-9-8-10-16-50(72)68-29-27-67(28-30-68)40-23-25-66(26-24-40)41-21-22-44(47(31-41)76-5)63-56-60-34-43(58)53(65-56)62-45-13-11-12-14-48(45)77(6,7)75/h11-14,17-22,31,34,36,40,42,46,52,70H,8-10,15-16,23-30,32-33,35H2,1-7H3,(H,59,73)(H,64,71)(H2,60,62,63,65)/t42-,46+,52?/m1/s1. The number of piperidine rings is 1. The first-order valence-electron chi connectivity index (χ1n) is 27.0. The van der Waals surface area contributed by atoms with Gasteiger partial charge in [0.05, 0.1) is 46.9 Å². The maximum Gasteiger partial charge on any atom is 0.246 e. The van der Waals surface area contributed by atoms with Crippen LogP contribution in [0.1, 0.15) is 83.4 Å². The van der Waals surface area contributed by atoms with Crippen LogP contribution in [0.2, 0.25) is 5.02 Å². The van der Waals surface area contributed by atoms with Gasteiger partial charge in [0.2, 0.25) is 29.6 Å². The third kappa shape index (κ3) is 14.8. The van der Waals surface area contributed by atoms with Crippen molar-refractivity contribution >= 4 is 87.8 Å². The molecule has 0 bridgehead atoms. The first-order valence-corrected chi connectivity index (χ1v) is 30.8. The fraction of sp³-hybridized carbons (Fsp3) is 0.491. The Hall–Kier alpha value is -6.11. The Morgan fingerprint density at radius 3 is 2.29 bits per heavy atom. The summed E-state index contributed by atoms with van der Waals surface area (Å²) in [5.41, 5.74) is 6.51. The van der Waals surface area contributed by atoms with Crippen LogP contribution in [0, 0.1) is 12.3 Å². The number of aliphatic hydroxyl groups is 1. The van der Waals surface area contributed by atoms with Gasteiger partial charge in [-0.2, -0.15) is 4.98 Å². The Kier molecular flexibility index (Phi) is 19.2. The van der Waals surface area contributed by atoms with Crippen LogP contribution < -0.4 is 36.2 Å². The van der Waals surface area contributed by atoms with Crippen molar-refractivity contribution in [3.05, 3.63) is 94.7 Å². The molecular weight excluding hydrogens is 1050 g/mol. The largest absolute Gasteiger partial charge is 0.494 e. The first kappa shape index (κ1) is 58.0. The lowest BCUT2D eigenvalue weighted by molar-refractivity contribution is -0.144. The number of nitrogens with one attached hydrogen (secondary N) is 4. The zero-order chi connectivity index (χ0) is 55.7. The number of β-amino-alcohol motifs (C(OH)–C–C–N with tert-alkyl or cyclic N) is 1. The van der Waals surface area contributed by atoms with Crippen molar-refractivity contribution in [1.29, 1.82) is 0 Å². The second kappa shape index (κ2) is 25.8. The number of aliphatic hydroxyl groups excluding tert-OH is 1. The lowest BCUT2D eigenvalue weighted by atomic mass is 9.85. The predicted octanol–water partition coefficient (Wildman–Crippen LogP) is 8.18. The second-order valence-corrected chi connectivity index (χ2v) is 26.5. The molecule has 3 aromatic carbocycles. The minimum atomic E-state index is -2.57. The van der Waals surface area contributed by atoms with Gasteiger partial charge in [0, 0.05) is 94.7 Å². The average molecular weight is 1120 g/mol. The molecule has 21 heteroatoms. The quantitative estimate of drug-likeness (QED) is 0.0367. The fourth-order valence-corrected chi connectivity index (χ4v) is 12.6. The number of carbonyl (C=O) groups excluding carboxylic acids is 4. The minimum Gasteiger partial charge on any atom is -0.494 e. The molecule has 3 fully saturated rings. The zero-order valence-corrected chi connectivity index (χ0v) is 48.4. The molecule has 3 aliphatic rings. The molecule has 4 amide bonds. The number of ether oxygens (including phenoxy) is 1. The molecule has 0 spiro atoms. The van der Waals surface area contributed by atoms with E-state index in [1.54, 1.807) is 31.8 Å². The number of aromatic nitrogens is 3. The molecule has 0 radical (unpaired) electrons. The number of carbonyl (C=O) groups is 4. The van der Waals surface area contributed by atoms with Crippen LogP contribution in [-0.4, -0.2) is 149 Å². The Bertz CT molecular complexity index is 2950. The Labute approximate surface area is 467 Å². The number of rotatable bonds is 20. The van der Waals surface area contributed by atoms with Crippen molar-refractivity contribution < 1.29 is 33.6 Å². The van der Waals surface area contributed by atoms with E-state index < -0.39 is 36.7 Å². The van der Waals surface area contributed by atoms with Gasteiger partial charge in [-0.25, -0.2) is 9.97 Å². The molecular formula is C57H75ClN11O7PS. The van der Waals surface area contributed by atoms with Crippen LogP contribution >= 0.6 is 30.1 Å². The number of unbranched alkanes of at least 4 members (excludes halogenated alkanes) is 2. The van der Waals surface area contributed by atoms with E-state index in [9.17, 15) is 28.8 Å². The third-order valence-electron chi connectivity index (χ3n) is 14.9. The number of halogens is 1. The van der Waals surface area contributed by atoms with E-state index in [1.807, 2.05) is 98.8 Å². The Morgan fingerprint density at radius 1 is 0.897 bits per heavy atom. The number of anilines is 5. The Balaban J connectivity index is 0.731. The summed E-state index contributed by atoms with van der Waals surface area (Å²) in [5, 5.41) is 24.1. The summed E-state index contributed by atoms with van der Waals surface area (Å²) in [6, 6.07) is 20.0. The summed E-state index contributed by atoms with van der Waals surface area (Å²) in [6.45, 7) is 16.1. The number of thiazole rings is 1. The number of hydrogen-bond acceptors (Lipinski definition) is 15. The lowest BCUT2D eigenvalue weighted by Crippen LogP contribution is -2.57. The lowest BCUT2D eigenvalue weighted by Gasteiger charge is -2.43. The molecule has 418 valence electrons. The van der Waals surface area contributed by atoms with Crippen LogP contribution in [0.25, 0.3) is 10.4 Å². The van der Waals surface area contributed by atoms with E-state index in [0.29, 0.717) is 84.0 Å². The van der Waals surface area contributed by atoms with Gasteiger partial charge in [-0.1, -0.05) is 75.2 Å². The summed E-state index contributed by atoms with van der Waals surface area (Å²) in [7, 11) is -0.936. The van der Waals surface area contributed by atoms with Crippen molar-refractivity contribution in [3.8, 4) is 16.2 Å². The van der Waals surface area contributed by atoms with Crippen LogP contribution in [-0.2, 0) is 30.3 Å². The molecule has 8 rings (SSSR count). The number of para-hydroxylation sites is 1. The van der Waals surface area contributed by atoms with Gasteiger partial charge in [-0.15, -0.1) is 11.3 Å². The smallest absolute Gasteiger partial charge is 0.246 e. The number of amides is 4. The van der Waals surface area contributed by atoms with Crippen molar-refractivity contribution in [3.63, 3.8) is 0 Å². The van der Waals surface area contributed by atoms with Crippen molar-refractivity contribution in [2.45, 2.75) is 110 Å². The molecule has 0 aliphatic carbocycles. The van der Waals surface area contributed by atoms with Gasteiger partial charge < -0.3 is 50.4 Å². The number of nitrogens with zero attached hydrogens (tertiary/aromatic N) is 7. The predicted molar refractivity (Wildman–Crippen MR) is 310 cm³/mol. The molecule has 0 saturated carbocycles. The van der Waals surface area contributed by atoms with Gasteiger partial charge in [0.1, 0.15) is 30.0 Å². The van der Waals surface area contributed by atoms with Gasteiger partial charge >= 0.3 is 0 Å². The van der Waals surface area contributed by atoms with E-state index in [1.165, 1.54) is 11.1 Å². The van der Waals surface area contributed by atoms with Crippen molar-refractivity contribution in [1.82, 2.24) is 40.3 Å². The van der Waals surface area contributed by atoms with Crippen LogP contribution in [0.15, 0.2) is 78.4 Å². The summed E-state index contributed by atoms with van der Waals surface area (Å²) < 4.78 is 18.8. The second-order valence-electron chi connectivity index (χ2n) is 22.0. The van der Waals surface area contributed by atoms with Crippen LogP contribution in [0.4, 0.5) is 28.8 Å². The van der Waals surface area contributed by atoms with Gasteiger partial charge in [-0.3, -0.25) is 24.1 Å². The molecule has 2 aromatic heterocycles. The summed E-state index contributed by atoms with van der Waals surface area (Å²) in [6.07, 6.45) is 5.33. The van der Waals surface area contributed by atoms with E-state index >= 15 is 0 Å². The molecule has 5 N–H and O–H groups in total. The highest BCUT2D eigenvalue weighted by Gasteiger charge is 2.44. The number of hydrogen-bond donors (Lipinski definition) is 5. The average Bonchev–Trinajstić information content (AvgIpc) is 4.08. The monoisotopic (exact) mass is 1120 g/mol. The van der Waals surface area contributed by atoms with Crippen molar-refractivity contribution in [2.24, 2.45) is 5.41 Å². The summed E-state index contributed by atoms with van der Waals surface area (Å²) >= 11 is 8.08. The molecule has 3 atom stereocenters. The summed E-state index contributed by atoms with van der Waals surface area (Å²) in [5.74, 6) is 0.475. The maximum atomic E-state index is 14.1. The molecule has 78 heavy (non-hydrogen) atoms.